The second-order valence-corrected chi connectivity index (χ2v) is 2.95. The van der Waals surface area contributed by atoms with Crippen LogP contribution in [0.15, 0.2) is 6.20 Å². The fourth-order valence-corrected chi connectivity index (χ4v) is 1.06. The zero-order valence-corrected chi connectivity index (χ0v) is 8.05. The van der Waals surface area contributed by atoms with E-state index in [1.54, 1.807) is 6.20 Å². The number of nitrogens with one attached hydrogen (secondary N) is 2. The second-order valence-electron chi connectivity index (χ2n) is 2.95. The van der Waals surface area contributed by atoms with Gasteiger partial charge in [0.05, 0.1) is 0 Å². The highest BCUT2D eigenvalue weighted by molar-refractivity contribution is 5.75. The largest absolute Gasteiger partial charge is 0.356 e. The molecule has 1 amide bonds. The third-order valence-corrected chi connectivity index (χ3v) is 1.79. The molecule has 0 aliphatic carbocycles. The Hall–Kier alpha value is -1.32. The number of hydrogen-bond donors (Lipinski definition) is 2. The number of aromatic nitrogens is 2. The summed E-state index contributed by atoms with van der Waals surface area (Å²) in [5.41, 5.74) is 1.06. The van der Waals surface area contributed by atoms with Gasteiger partial charge in [-0.25, -0.2) is 4.98 Å². The minimum Gasteiger partial charge on any atom is -0.356 e. The SMILES string of the molecule is CCC(=O)NCCc1cnc(C)[nH]1. The molecule has 13 heavy (non-hydrogen) atoms. The van der Waals surface area contributed by atoms with Crippen LogP contribution >= 0.6 is 0 Å². The van der Waals surface area contributed by atoms with E-state index in [4.69, 9.17) is 0 Å². The molecule has 1 aromatic rings. The number of H-pyrrole nitrogens is 1. The highest BCUT2D eigenvalue weighted by Crippen LogP contribution is 1.95. The van der Waals surface area contributed by atoms with Crippen molar-refractivity contribution in [2.45, 2.75) is 26.7 Å². The van der Waals surface area contributed by atoms with E-state index in [-0.39, 0.29) is 5.91 Å². The molecule has 0 aliphatic heterocycles. The van der Waals surface area contributed by atoms with Crippen LogP contribution in [0.3, 0.4) is 0 Å². The van der Waals surface area contributed by atoms with Crippen molar-refractivity contribution in [3.63, 3.8) is 0 Å². The van der Waals surface area contributed by atoms with Crippen LogP contribution in [0, 0.1) is 6.92 Å². The first-order valence-corrected chi connectivity index (χ1v) is 4.49. The van der Waals surface area contributed by atoms with E-state index >= 15 is 0 Å². The summed E-state index contributed by atoms with van der Waals surface area (Å²) in [6, 6.07) is 0. The minimum absolute atomic E-state index is 0.0937. The van der Waals surface area contributed by atoms with Gasteiger partial charge in [-0.2, -0.15) is 0 Å². The van der Waals surface area contributed by atoms with Crippen LogP contribution in [-0.2, 0) is 11.2 Å². The fourth-order valence-electron chi connectivity index (χ4n) is 1.06. The quantitative estimate of drug-likeness (QED) is 0.721. The van der Waals surface area contributed by atoms with Crippen LogP contribution in [0.1, 0.15) is 24.9 Å². The lowest BCUT2D eigenvalue weighted by Gasteiger charge is -2.00. The maximum atomic E-state index is 10.9. The summed E-state index contributed by atoms with van der Waals surface area (Å²) in [5, 5.41) is 2.80. The first kappa shape index (κ1) is 9.77. The Bertz CT molecular complexity index is 280. The number of carbonyl (C=O) groups excluding carboxylic acids is 1. The summed E-state index contributed by atoms with van der Waals surface area (Å²) in [6.45, 7) is 4.43. The van der Waals surface area contributed by atoms with Gasteiger partial charge in [0.25, 0.3) is 0 Å². The molecule has 0 radical (unpaired) electrons. The Morgan fingerprint density at radius 1 is 1.69 bits per heavy atom. The molecule has 0 atom stereocenters. The Kier molecular flexibility index (Phi) is 3.49. The third-order valence-electron chi connectivity index (χ3n) is 1.79. The Morgan fingerprint density at radius 2 is 2.46 bits per heavy atom. The zero-order chi connectivity index (χ0) is 9.68. The Balaban J connectivity index is 2.24. The van der Waals surface area contributed by atoms with E-state index in [0.29, 0.717) is 13.0 Å². The van der Waals surface area contributed by atoms with Crippen molar-refractivity contribution in [2.24, 2.45) is 0 Å². The van der Waals surface area contributed by atoms with Gasteiger partial charge in [-0.15, -0.1) is 0 Å². The Labute approximate surface area is 77.8 Å². The molecule has 4 nitrogen and oxygen atoms in total. The van der Waals surface area contributed by atoms with Gasteiger partial charge in [-0.1, -0.05) is 6.92 Å². The van der Waals surface area contributed by atoms with Crippen LogP contribution in [0.25, 0.3) is 0 Å². The molecule has 0 spiro atoms. The number of aromatic amines is 1. The lowest BCUT2D eigenvalue weighted by Crippen LogP contribution is -2.24. The first-order chi connectivity index (χ1) is 6.22. The van der Waals surface area contributed by atoms with Gasteiger partial charge in [0.2, 0.25) is 5.91 Å². The number of hydrogen-bond acceptors (Lipinski definition) is 2. The van der Waals surface area contributed by atoms with Crippen molar-refractivity contribution in [1.29, 1.82) is 0 Å². The van der Waals surface area contributed by atoms with Crippen LogP contribution in [-0.4, -0.2) is 22.4 Å². The highest BCUT2D eigenvalue weighted by Gasteiger charge is 1.98. The molecule has 0 saturated carbocycles. The molecule has 0 bridgehead atoms. The maximum Gasteiger partial charge on any atom is 0.219 e. The molecule has 4 heteroatoms. The number of nitrogens with zero attached hydrogens (tertiary/aromatic N) is 1. The van der Waals surface area contributed by atoms with Crippen LogP contribution in [0.4, 0.5) is 0 Å². The van der Waals surface area contributed by atoms with E-state index in [1.165, 1.54) is 0 Å². The summed E-state index contributed by atoms with van der Waals surface area (Å²) >= 11 is 0. The van der Waals surface area contributed by atoms with E-state index in [2.05, 4.69) is 15.3 Å². The average molecular weight is 181 g/mol. The van der Waals surface area contributed by atoms with Crippen molar-refractivity contribution in [2.75, 3.05) is 6.54 Å². The van der Waals surface area contributed by atoms with Crippen molar-refractivity contribution in [1.82, 2.24) is 15.3 Å². The lowest BCUT2D eigenvalue weighted by molar-refractivity contribution is -0.120. The molecule has 0 aliphatic rings. The van der Waals surface area contributed by atoms with Gasteiger partial charge >= 0.3 is 0 Å². The smallest absolute Gasteiger partial charge is 0.219 e. The van der Waals surface area contributed by atoms with E-state index in [0.717, 1.165) is 17.9 Å². The zero-order valence-electron chi connectivity index (χ0n) is 8.05. The molecule has 72 valence electrons. The fraction of sp³-hybridized carbons (Fsp3) is 0.556. The minimum atomic E-state index is 0.0937. The van der Waals surface area contributed by atoms with E-state index < -0.39 is 0 Å². The molecule has 1 heterocycles. The van der Waals surface area contributed by atoms with E-state index in [9.17, 15) is 4.79 Å². The first-order valence-electron chi connectivity index (χ1n) is 4.49. The lowest BCUT2D eigenvalue weighted by atomic mass is 10.3. The summed E-state index contributed by atoms with van der Waals surface area (Å²) in [7, 11) is 0. The van der Waals surface area contributed by atoms with Crippen LogP contribution < -0.4 is 5.32 Å². The second kappa shape index (κ2) is 4.64. The molecule has 0 unspecified atom stereocenters. The molecular weight excluding hydrogens is 166 g/mol. The molecule has 0 aromatic carbocycles. The van der Waals surface area contributed by atoms with Crippen molar-refractivity contribution in [3.05, 3.63) is 17.7 Å². The number of carbonyl (C=O) groups is 1. The molecule has 2 N–H and O–H groups in total. The number of imidazole rings is 1. The van der Waals surface area contributed by atoms with E-state index in [1.807, 2.05) is 13.8 Å². The van der Waals surface area contributed by atoms with Crippen LogP contribution in [0.5, 0.6) is 0 Å². The monoisotopic (exact) mass is 181 g/mol. The number of aryl methyl sites for hydroxylation is 1. The van der Waals surface area contributed by atoms with Gasteiger partial charge in [-0.05, 0) is 6.92 Å². The molecular formula is C9H15N3O. The summed E-state index contributed by atoms with van der Waals surface area (Å²) in [4.78, 5) is 18.0. The predicted molar refractivity (Wildman–Crippen MR) is 50.3 cm³/mol. The maximum absolute atomic E-state index is 10.9. The van der Waals surface area contributed by atoms with Gasteiger partial charge in [-0.3, -0.25) is 4.79 Å². The topological polar surface area (TPSA) is 57.8 Å². The van der Waals surface area contributed by atoms with Gasteiger partial charge in [0, 0.05) is 31.3 Å². The summed E-state index contributed by atoms with van der Waals surface area (Å²) in [5.74, 6) is 1.01. The summed E-state index contributed by atoms with van der Waals surface area (Å²) in [6.07, 6.45) is 3.15. The van der Waals surface area contributed by atoms with Crippen molar-refractivity contribution >= 4 is 5.91 Å². The highest BCUT2D eigenvalue weighted by atomic mass is 16.1. The van der Waals surface area contributed by atoms with Gasteiger partial charge in [0.15, 0.2) is 0 Å². The molecule has 1 rings (SSSR count). The normalized spacial score (nSPS) is 10.0. The Morgan fingerprint density at radius 3 is 3.00 bits per heavy atom. The predicted octanol–water partition coefficient (Wildman–Crippen LogP) is 0.787. The third kappa shape index (κ3) is 3.27. The number of rotatable bonds is 4. The molecule has 1 aromatic heterocycles. The van der Waals surface area contributed by atoms with Crippen LogP contribution in [0.2, 0.25) is 0 Å². The van der Waals surface area contributed by atoms with Gasteiger partial charge in [0.1, 0.15) is 5.82 Å². The molecule has 0 saturated heterocycles. The molecule has 0 fully saturated rings. The van der Waals surface area contributed by atoms with Gasteiger partial charge < -0.3 is 10.3 Å². The van der Waals surface area contributed by atoms with Crippen molar-refractivity contribution < 1.29 is 4.79 Å². The average Bonchev–Trinajstić information content (AvgIpc) is 2.51. The number of amides is 1. The summed E-state index contributed by atoms with van der Waals surface area (Å²) < 4.78 is 0. The standard InChI is InChI=1S/C9H15N3O/c1-3-9(13)10-5-4-8-6-11-7(2)12-8/h6H,3-5H2,1-2H3,(H,10,13)(H,11,12). The van der Waals surface area contributed by atoms with Crippen molar-refractivity contribution in [3.8, 4) is 0 Å².